The van der Waals surface area contributed by atoms with Crippen LogP contribution in [-0.4, -0.2) is 44.2 Å². The van der Waals surface area contributed by atoms with Crippen molar-refractivity contribution in [1.29, 1.82) is 0 Å². The van der Waals surface area contributed by atoms with E-state index in [0.717, 1.165) is 51.9 Å². The highest BCUT2D eigenvalue weighted by Gasteiger charge is 2.24. The van der Waals surface area contributed by atoms with Gasteiger partial charge in [0, 0.05) is 5.56 Å². The third-order valence-electron chi connectivity index (χ3n) is 5.83. The number of amides is 1. The van der Waals surface area contributed by atoms with Crippen LogP contribution in [0.2, 0.25) is 0 Å². The number of nitrogens with zero attached hydrogens (tertiary/aromatic N) is 2. The fourth-order valence-corrected chi connectivity index (χ4v) is 4.64. The predicted molar refractivity (Wildman–Crippen MR) is 125 cm³/mol. The number of anilines is 1. The Morgan fingerprint density at radius 3 is 2.40 bits per heavy atom. The van der Waals surface area contributed by atoms with Gasteiger partial charge in [-0.05, 0) is 69.5 Å². The summed E-state index contributed by atoms with van der Waals surface area (Å²) in [6.45, 7) is 14.1. The summed E-state index contributed by atoms with van der Waals surface area (Å²) in [6.07, 6.45) is 0. The molecule has 5 nitrogen and oxygen atoms in total. The number of hydrogen-bond acceptors (Lipinski definition) is 4. The zero-order valence-corrected chi connectivity index (χ0v) is 19.7. The Balaban J connectivity index is 2.04. The zero-order valence-electron chi connectivity index (χ0n) is 18.8. The number of aryl methyl sites for hydroxylation is 3. The second kappa shape index (κ2) is 9.58. The molecule has 0 aliphatic rings. The van der Waals surface area contributed by atoms with E-state index in [2.05, 4.69) is 27.7 Å². The maximum atomic E-state index is 13.6. The topological polar surface area (TPSA) is 46.9 Å². The van der Waals surface area contributed by atoms with Crippen LogP contribution in [0.3, 0.4) is 0 Å². The monoisotopic (exact) mass is 426 g/mol. The largest absolute Gasteiger partial charge is 0.494 e. The summed E-state index contributed by atoms with van der Waals surface area (Å²) in [5, 5.41) is 0.729. The van der Waals surface area contributed by atoms with Gasteiger partial charge in [0.2, 0.25) is 0 Å². The number of ether oxygens (including phenoxy) is 1. The summed E-state index contributed by atoms with van der Waals surface area (Å²) < 4.78 is 6.59. The van der Waals surface area contributed by atoms with Crippen LogP contribution in [0.4, 0.5) is 5.13 Å². The minimum Gasteiger partial charge on any atom is -0.494 e. The molecule has 0 aliphatic heterocycles. The van der Waals surface area contributed by atoms with Gasteiger partial charge in [0.1, 0.15) is 11.3 Å². The lowest BCUT2D eigenvalue weighted by Crippen LogP contribution is -3.12. The molecule has 1 amide bonds. The lowest BCUT2D eigenvalue weighted by Gasteiger charge is -2.23. The number of thiazole rings is 1. The first kappa shape index (κ1) is 22.2. The molecule has 0 saturated carbocycles. The van der Waals surface area contributed by atoms with Gasteiger partial charge in [-0.3, -0.25) is 9.69 Å². The second-order valence-electron chi connectivity index (χ2n) is 7.72. The van der Waals surface area contributed by atoms with Crippen LogP contribution in [0.15, 0.2) is 30.3 Å². The van der Waals surface area contributed by atoms with Crippen molar-refractivity contribution in [3.8, 4) is 5.75 Å². The number of hydrogen-bond donors (Lipinski definition) is 1. The molecule has 0 bridgehead atoms. The first-order valence-corrected chi connectivity index (χ1v) is 11.4. The Labute approximate surface area is 183 Å². The Hall–Kier alpha value is -2.44. The number of methoxy groups -OCH3 is 1. The Morgan fingerprint density at radius 2 is 1.77 bits per heavy atom. The van der Waals surface area contributed by atoms with Gasteiger partial charge in [-0.1, -0.05) is 23.5 Å². The predicted octanol–water partition coefficient (Wildman–Crippen LogP) is 3.80. The van der Waals surface area contributed by atoms with Crippen molar-refractivity contribution in [2.45, 2.75) is 34.6 Å². The fourth-order valence-electron chi connectivity index (χ4n) is 3.57. The Bertz CT molecular complexity index is 1040. The second-order valence-corrected chi connectivity index (χ2v) is 8.70. The molecule has 1 aromatic heterocycles. The number of carbonyl (C=O) groups excluding carboxylic acids is 1. The molecule has 1 N–H and O–H groups in total. The summed E-state index contributed by atoms with van der Waals surface area (Å²) >= 11 is 1.56. The highest BCUT2D eigenvalue weighted by Crippen LogP contribution is 2.36. The first-order valence-electron chi connectivity index (χ1n) is 10.6. The van der Waals surface area contributed by atoms with E-state index in [1.807, 2.05) is 42.2 Å². The minimum absolute atomic E-state index is 0.000308. The van der Waals surface area contributed by atoms with Gasteiger partial charge in [-0.15, -0.1) is 0 Å². The molecular formula is C24H32N3O2S+. The molecule has 0 radical (unpaired) electrons. The standard InChI is InChI=1S/C24H31N3O2S/c1-7-26(8-2)13-14-27(23(28)19-11-9-16(3)18(5)15-19)24-25-21-20(29-6)12-10-17(4)22(21)30-24/h9-12,15H,7-8,13-14H2,1-6H3/p+1. The van der Waals surface area contributed by atoms with Gasteiger partial charge in [-0.25, -0.2) is 4.98 Å². The Kier molecular flexibility index (Phi) is 7.10. The van der Waals surface area contributed by atoms with Crippen molar-refractivity contribution >= 4 is 32.6 Å². The van der Waals surface area contributed by atoms with E-state index in [9.17, 15) is 4.79 Å². The summed E-state index contributed by atoms with van der Waals surface area (Å²) in [5.41, 5.74) is 4.98. The van der Waals surface area contributed by atoms with Crippen LogP contribution in [0, 0.1) is 20.8 Å². The molecule has 6 heteroatoms. The van der Waals surface area contributed by atoms with Crippen molar-refractivity contribution in [3.63, 3.8) is 0 Å². The number of quaternary nitrogens is 1. The Morgan fingerprint density at radius 1 is 1.07 bits per heavy atom. The van der Waals surface area contributed by atoms with Gasteiger partial charge < -0.3 is 9.64 Å². The van der Waals surface area contributed by atoms with E-state index in [4.69, 9.17) is 9.72 Å². The average Bonchev–Trinajstić information content (AvgIpc) is 3.19. The van der Waals surface area contributed by atoms with Crippen LogP contribution in [-0.2, 0) is 0 Å². The summed E-state index contributed by atoms with van der Waals surface area (Å²) in [5.74, 6) is 0.742. The van der Waals surface area contributed by atoms with E-state index in [-0.39, 0.29) is 5.91 Å². The van der Waals surface area contributed by atoms with Crippen molar-refractivity contribution < 1.29 is 14.4 Å². The lowest BCUT2D eigenvalue weighted by molar-refractivity contribution is -0.894. The summed E-state index contributed by atoms with van der Waals surface area (Å²) in [7, 11) is 1.66. The smallest absolute Gasteiger partial charge is 0.260 e. The van der Waals surface area contributed by atoms with E-state index >= 15 is 0 Å². The highest BCUT2D eigenvalue weighted by molar-refractivity contribution is 7.22. The quantitative estimate of drug-likeness (QED) is 0.596. The average molecular weight is 427 g/mol. The number of nitrogens with one attached hydrogen (secondary N) is 1. The van der Waals surface area contributed by atoms with E-state index < -0.39 is 0 Å². The number of rotatable bonds is 8. The molecular weight excluding hydrogens is 394 g/mol. The SMILES string of the molecule is CC[NH+](CC)CCN(C(=O)c1ccc(C)c(C)c1)c1nc2c(OC)ccc(C)c2s1. The van der Waals surface area contributed by atoms with Gasteiger partial charge in [-0.2, -0.15) is 0 Å². The van der Waals surface area contributed by atoms with E-state index in [1.54, 1.807) is 18.4 Å². The van der Waals surface area contributed by atoms with Gasteiger partial charge in [0.05, 0.1) is 38.0 Å². The van der Waals surface area contributed by atoms with E-state index in [0.29, 0.717) is 12.1 Å². The molecule has 0 spiro atoms. The number of aromatic nitrogens is 1. The van der Waals surface area contributed by atoms with Crippen molar-refractivity contribution in [2.24, 2.45) is 0 Å². The molecule has 0 fully saturated rings. The molecule has 0 unspecified atom stereocenters. The van der Waals surface area contributed by atoms with Crippen LogP contribution in [0.1, 0.15) is 40.9 Å². The highest BCUT2D eigenvalue weighted by atomic mass is 32.1. The van der Waals surface area contributed by atoms with Crippen LogP contribution >= 0.6 is 11.3 Å². The molecule has 160 valence electrons. The molecule has 3 aromatic rings. The van der Waals surface area contributed by atoms with Gasteiger partial charge in [0.25, 0.3) is 5.91 Å². The number of fused-ring (bicyclic) bond motifs is 1. The fraction of sp³-hybridized carbons (Fsp3) is 0.417. The zero-order chi connectivity index (χ0) is 21.8. The van der Waals surface area contributed by atoms with Crippen molar-refractivity contribution in [3.05, 3.63) is 52.6 Å². The van der Waals surface area contributed by atoms with Gasteiger partial charge >= 0.3 is 0 Å². The number of likely N-dealkylation sites (N-methyl/N-ethyl adjacent to an activating group) is 1. The maximum absolute atomic E-state index is 13.6. The third-order valence-corrected chi connectivity index (χ3v) is 7.04. The number of benzene rings is 2. The summed E-state index contributed by atoms with van der Waals surface area (Å²) in [6, 6.07) is 9.90. The molecule has 2 aromatic carbocycles. The van der Waals surface area contributed by atoms with Crippen molar-refractivity contribution in [1.82, 2.24) is 4.98 Å². The minimum atomic E-state index is 0.000308. The third kappa shape index (κ3) is 4.50. The van der Waals surface area contributed by atoms with Crippen LogP contribution < -0.4 is 14.5 Å². The lowest BCUT2D eigenvalue weighted by atomic mass is 10.1. The molecule has 0 aliphatic carbocycles. The molecule has 30 heavy (non-hydrogen) atoms. The first-order chi connectivity index (χ1) is 14.4. The van der Waals surface area contributed by atoms with E-state index in [1.165, 1.54) is 10.5 Å². The van der Waals surface area contributed by atoms with Crippen LogP contribution in [0.25, 0.3) is 10.2 Å². The molecule has 1 heterocycles. The number of carbonyl (C=O) groups is 1. The molecule has 0 saturated heterocycles. The van der Waals surface area contributed by atoms with Crippen molar-refractivity contribution in [2.75, 3.05) is 38.2 Å². The molecule has 3 rings (SSSR count). The normalized spacial score (nSPS) is 11.3. The maximum Gasteiger partial charge on any atom is 0.260 e. The summed E-state index contributed by atoms with van der Waals surface area (Å²) in [4.78, 5) is 21.7. The molecule has 0 atom stereocenters. The van der Waals surface area contributed by atoms with Gasteiger partial charge in [0.15, 0.2) is 5.13 Å². The van der Waals surface area contributed by atoms with Crippen LogP contribution in [0.5, 0.6) is 5.75 Å².